The van der Waals surface area contributed by atoms with Crippen LogP contribution in [0.3, 0.4) is 0 Å². The number of aliphatic hydroxyl groups is 1. The Labute approximate surface area is 184 Å². The number of ketones is 1. The molecule has 3 heterocycles. The zero-order valence-electron chi connectivity index (χ0n) is 17.9. The van der Waals surface area contributed by atoms with Crippen LogP contribution in [0.4, 0.5) is 0 Å². The van der Waals surface area contributed by atoms with E-state index in [1.807, 2.05) is 0 Å². The Kier molecular flexibility index (Phi) is 5.68. The molecule has 0 spiro atoms. The van der Waals surface area contributed by atoms with Gasteiger partial charge in [0.2, 0.25) is 0 Å². The van der Waals surface area contributed by atoms with E-state index in [1.54, 1.807) is 61.8 Å². The number of hydrogen-bond donors (Lipinski definition) is 1. The number of methoxy groups -OCH3 is 2. The largest absolute Gasteiger partial charge is 0.507 e. The van der Waals surface area contributed by atoms with Crippen LogP contribution >= 0.6 is 0 Å². The van der Waals surface area contributed by atoms with Gasteiger partial charge in [-0.3, -0.25) is 14.6 Å². The third kappa shape index (κ3) is 3.71. The summed E-state index contributed by atoms with van der Waals surface area (Å²) in [4.78, 5) is 31.5. The normalized spacial score (nSPS) is 17.6. The lowest BCUT2D eigenvalue weighted by molar-refractivity contribution is -0.140. The lowest BCUT2D eigenvalue weighted by atomic mass is 9.98. The van der Waals surface area contributed by atoms with Crippen LogP contribution in [-0.4, -0.2) is 40.9 Å². The number of nitrogens with zero attached hydrogens (tertiary/aromatic N) is 2. The molecule has 1 N–H and O–H groups in total. The second-order valence-electron chi connectivity index (χ2n) is 7.30. The van der Waals surface area contributed by atoms with Gasteiger partial charge < -0.3 is 23.9 Å². The van der Waals surface area contributed by atoms with E-state index < -0.39 is 17.7 Å². The summed E-state index contributed by atoms with van der Waals surface area (Å²) in [6, 6.07) is 10.9. The zero-order valence-corrected chi connectivity index (χ0v) is 17.9. The monoisotopic (exact) mass is 434 g/mol. The molecule has 0 bridgehead atoms. The van der Waals surface area contributed by atoms with Gasteiger partial charge in [-0.2, -0.15) is 0 Å². The van der Waals surface area contributed by atoms with Crippen LogP contribution in [0.5, 0.6) is 11.5 Å². The van der Waals surface area contributed by atoms with Crippen LogP contribution < -0.4 is 9.47 Å². The molecular weight excluding hydrogens is 412 g/mol. The Morgan fingerprint density at radius 3 is 2.47 bits per heavy atom. The molecule has 1 saturated heterocycles. The third-order valence-corrected chi connectivity index (χ3v) is 5.34. The van der Waals surface area contributed by atoms with Crippen molar-refractivity contribution in [2.45, 2.75) is 19.5 Å². The van der Waals surface area contributed by atoms with Gasteiger partial charge in [0.25, 0.3) is 11.7 Å². The molecule has 32 heavy (non-hydrogen) atoms. The van der Waals surface area contributed by atoms with Crippen molar-refractivity contribution in [3.8, 4) is 11.5 Å². The number of furan rings is 1. The predicted molar refractivity (Wildman–Crippen MR) is 115 cm³/mol. The van der Waals surface area contributed by atoms with Crippen molar-refractivity contribution in [2.75, 3.05) is 14.2 Å². The van der Waals surface area contributed by atoms with Gasteiger partial charge in [-0.05, 0) is 48.9 Å². The maximum atomic E-state index is 13.1. The van der Waals surface area contributed by atoms with E-state index in [4.69, 9.17) is 13.9 Å². The molecule has 1 aromatic carbocycles. The Balaban J connectivity index is 1.87. The summed E-state index contributed by atoms with van der Waals surface area (Å²) in [5.41, 5.74) is 0.988. The van der Waals surface area contributed by atoms with Crippen molar-refractivity contribution in [1.29, 1.82) is 0 Å². The van der Waals surface area contributed by atoms with Crippen molar-refractivity contribution in [1.82, 2.24) is 9.88 Å². The summed E-state index contributed by atoms with van der Waals surface area (Å²) in [7, 11) is 2.96. The molecule has 1 atom stereocenters. The first-order valence-corrected chi connectivity index (χ1v) is 9.90. The highest BCUT2D eigenvalue weighted by Gasteiger charge is 2.47. The molecule has 1 fully saturated rings. The van der Waals surface area contributed by atoms with Crippen molar-refractivity contribution in [2.24, 2.45) is 0 Å². The quantitative estimate of drug-likeness (QED) is 0.359. The van der Waals surface area contributed by atoms with E-state index in [9.17, 15) is 14.7 Å². The van der Waals surface area contributed by atoms with Crippen LogP contribution in [0.2, 0.25) is 0 Å². The first kappa shape index (κ1) is 21.2. The number of benzene rings is 1. The minimum Gasteiger partial charge on any atom is -0.507 e. The van der Waals surface area contributed by atoms with E-state index >= 15 is 0 Å². The van der Waals surface area contributed by atoms with Gasteiger partial charge in [0.05, 0.1) is 25.4 Å². The minimum atomic E-state index is -0.899. The molecule has 1 aliphatic rings. The summed E-state index contributed by atoms with van der Waals surface area (Å²) < 4.78 is 16.4. The second-order valence-corrected chi connectivity index (χ2v) is 7.30. The lowest BCUT2D eigenvalue weighted by Crippen LogP contribution is -2.29. The summed E-state index contributed by atoms with van der Waals surface area (Å²) in [6.07, 6.45) is 3.22. The maximum absolute atomic E-state index is 13.1. The van der Waals surface area contributed by atoms with Gasteiger partial charge in [-0.1, -0.05) is 0 Å². The standard InChI is InChI=1S/C24H22N2O6/c1-14-4-7-18(32-14)21-20(22(27)17-6-5-16(30-2)12-19(17)31-3)23(28)24(29)26(21)13-15-8-10-25-11-9-15/h4-12,21,27H,13H2,1-3H3/b22-20-. The first-order valence-electron chi connectivity index (χ1n) is 9.90. The number of aryl methyl sites for hydroxylation is 1. The van der Waals surface area contributed by atoms with Gasteiger partial charge >= 0.3 is 0 Å². The Bertz CT molecular complexity index is 1200. The number of aliphatic hydroxyl groups excluding tert-OH is 1. The number of ether oxygens (including phenoxy) is 2. The molecule has 8 heteroatoms. The van der Waals surface area contributed by atoms with Crippen molar-refractivity contribution >= 4 is 17.4 Å². The smallest absolute Gasteiger partial charge is 0.296 e. The van der Waals surface area contributed by atoms with E-state index in [0.717, 1.165) is 5.56 Å². The SMILES string of the molecule is COc1ccc(/C(O)=C2/C(=O)C(=O)N(Cc3ccncc3)C2c2ccc(C)o2)c(OC)c1. The second kappa shape index (κ2) is 8.58. The molecule has 1 aliphatic heterocycles. The summed E-state index contributed by atoms with van der Waals surface area (Å²) in [6.45, 7) is 1.92. The first-order chi connectivity index (χ1) is 15.4. The molecule has 2 aromatic heterocycles. The average molecular weight is 434 g/mol. The molecular formula is C24H22N2O6. The molecule has 3 aromatic rings. The number of carbonyl (C=O) groups excluding carboxylic acids is 2. The Morgan fingerprint density at radius 2 is 1.84 bits per heavy atom. The van der Waals surface area contributed by atoms with Crippen LogP contribution in [0.15, 0.2) is 64.8 Å². The number of pyridine rings is 1. The van der Waals surface area contributed by atoms with Crippen LogP contribution in [0.1, 0.15) is 28.7 Å². The number of amides is 1. The molecule has 0 aliphatic carbocycles. The molecule has 8 nitrogen and oxygen atoms in total. The number of Topliss-reactive ketones (excluding diaryl/α,β-unsaturated/α-hetero) is 1. The van der Waals surface area contributed by atoms with Crippen molar-refractivity contribution in [3.63, 3.8) is 0 Å². The lowest BCUT2D eigenvalue weighted by Gasteiger charge is -2.23. The van der Waals surface area contributed by atoms with Gasteiger partial charge in [-0.15, -0.1) is 0 Å². The molecule has 4 rings (SSSR count). The summed E-state index contributed by atoms with van der Waals surface area (Å²) in [5, 5.41) is 11.2. The maximum Gasteiger partial charge on any atom is 0.296 e. The highest BCUT2D eigenvalue weighted by molar-refractivity contribution is 6.46. The molecule has 1 unspecified atom stereocenters. The fraction of sp³-hybridized carbons (Fsp3) is 0.208. The topological polar surface area (TPSA) is 102 Å². The van der Waals surface area contributed by atoms with Crippen molar-refractivity contribution < 1.29 is 28.6 Å². The zero-order chi connectivity index (χ0) is 22.8. The number of likely N-dealkylation sites (tertiary alicyclic amines) is 1. The van der Waals surface area contributed by atoms with Crippen LogP contribution in [-0.2, 0) is 16.1 Å². The fourth-order valence-electron chi connectivity index (χ4n) is 3.76. The van der Waals surface area contributed by atoms with Crippen molar-refractivity contribution in [3.05, 3.63) is 83.1 Å². The molecule has 0 saturated carbocycles. The van der Waals surface area contributed by atoms with Gasteiger partial charge in [0.15, 0.2) is 0 Å². The predicted octanol–water partition coefficient (Wildman–Crippen LogP) is 3.62. The highest BCUT2D eigenvalue weighted by atomic mass is 16.5. The van der Waals surface area contributed by atoms with E-state index in [-0.39, 0.29) is 23.4 Å². The molecule has 1 amide bonds. The highest BCUT2D eigenvalue weighted by Crippen LogP contribution is 2.42. The van der Waals surface area contributed by atoms with Gasteiger partial charge in [0.1, 0.15) is 34.8 Å². The van der Waals surface area contributed by atoms with E-state index in [1.165, 1.54) is 19.1 Å². The third-order valence-electron chi connectivity index (χ3n) is 5.34. The Hall–Kier alpha value is -4.07. The number of carbonyl (C=O) groups is 2. The Morgan fingerprint density at radius 1 is 1.09 bits per heavy atom. The number of aromatic nitrogens is 1. The molecule has 0 radical (unpaired) electrons. The molecule has 164 valence electrons. The van der Waals surface area contributed by atoms with Crippen LogP contribution in [0, 0.1) is 6.92 Å². The van der Waals surface area contributed by atoms with Gasteiger partial charge in [0, 0.05) is 25.0 Å². The average Bonchev–Trinajstić information content (AvgIpc) is 3.35. The number of rotatable bonds is 6. The van der Waals surface area contributed by atoms with E-state index in [2.05, 4.69) is 4.98 Å². The fourth-order valence-corrected chi connectivity index (χ4v) is 3.76. The van der Waals surface area contributed by atoms with E-state index in [0.29, 0.717) is 23.0 Å². The summed E-state index contributed by atoms with van der Waals surface area (Å²) >= 11 is 0. The van der Waals surface area contributed by atoms with Crippen LogP contribution in [0.25, 0.3) is 5.76 Å². The van der Waals surface area contributed by atoms with Gasteiger partial charge in [-0.25, -0.2) is 0 Å². The summed E-state index contributed by atoms with van der Waals surface area (Å²) in [5.74, 6) is -0.0462. The minimum absolute atomic E-state index is 0.0677. The number of hydrogen-bond acceptors (Lipinski definition) is 7.